The molecule has 0 aromatic carbocycles. The normalized spacial score (nSPS) is 40.0. The van der Waals surface area contributed by atoms with Crippen molar-refractivity contribution in [1.29, 1.82) is 0 Å². The second-order valence-corrected chi connectivity index (χ2v) is 2.55. The highest BCUT2D eigenvalue weighted by Crippen LogP contribution is 2.21. The summed E-state index contributed by atoms with van der Waals surface area (Å²) in [6, 6.07) is -0.963. The van der Waals surface area contributed by atoms with Crippen LogP contribution in [-0.2, 0) is 0 Å². The van der Waals surface area contributed by atoms with Crippen LogP contribution in [0.1, 0.15) is 12.8 Å². The summed E-state index contributed by atoms with van der Waals surface area (Å²) in [5.41, 5.74) is 0. The van der Waals surface area contributed by atoms with Crippen LogP contribution in [0, 0.1) is 10.1 Å². The molecule has 0 aromatic heterocycles. The summed E-state index contributed by atoms with van der Waals surface area (Å²) in [5.74, 6) is 0. The highest BCUT2D eigenvalue weighted by molar-refractivity contribution is 4.82. The SMILES string of the molecule is O=[N+]([O-])C1CC(O)CC1O. The first-order valence-electron chi connectivity index (χ1n) is 3.11. The van der Waals surface area contributed by atoms with Gasteiger partial charge in [-0.05, 0) is 0 Å². The Morgan fingerprint density at radius 1 is 1.40 bits per heavy atom. The van der Waals surface area contributed by atoms with Crippen LogP contribution in [0.25, 0.3) is 0 Å². The predicted molar refractivity (Wildman–Crippen MR) is 32.0 cm³/mol. The van der Waals surface area contributed by atoms with Crippen LogP contribution in [0.4, 0.5) is 0 Å². The number of nitro groups is 1. The van der Waals surface area contributed by atoms with Crippen molar-refractivity contribution in [2.75, 3.05) is 0 Å². The zero-order valence-corrected chi connectivity index (χ0v) is 5.30. The molecule has 5 heteroatoms. The van der Waals surface area contributed by atoms with E-state index in [0.29, 0.717) is 0 Å². The van der Waals surface area contributed by atoms with E-state index >= 15 is 0 Å². The number of rotatable bonds is 1. The molecule has 1 saturated carbocycles. The predicted octanol–water partition coefficient (Wildman–Crippen LogP) is -0.853. The number of hydrogen-bond donors (Lipinski definition) is 2. The van der Waals surface area contributed by atoms with Gasteiger partial charge in [-0.1, -0.05) is 0 Å². The van der Waals surface area contributed by atoms with Gasteiger partial charge in [0.05, 0.1) is 6.10 Å². The van der Waals surface area contributed by atoms with Crippen molar-refractivity contribution in [2.45, 2.75) is 31.1 Å². The highest BCUT2D eigenvalue weighted by atomic mass is 16.6. The van der Waals surface area contributed by atoms with Gasteiger partial charge in [-0.2, -0.15) is 0 Å². The summed E-state index contributed by atoms with van der Waals surface area (Å²) in [5, 5.41) is 27.9. The van der Waals surface area contributed by atoms with Gasteiger partial charge in [0.2, 0.25) is 6.04 Å². The summed E-state index contributed by atoms with van der Waals surface area (Å²) in [4.78, 5) is 9.55. The molecular weight excluding hydrogens is 138 g/mol. The van der Waals surface area contributed by atoms with Gasteiger partial charge in [0.25, 0.3) is 0 Å². The van der Waals surface area contributed by atoms with Gasteiger partial charge in [0.15, 0.2) is 0 Å². The second kappa shape index (κ2) is 2.51. The lowest BCUT2D eigenvalue weighted by Gasteiger charge is -2.03. The van der Waals surface area contributed by atoms with E-state index < -0.39 is 23.2 Å². The van der Waals surface area contributed by atoms with Crippen molar-refractivity contribution in [1.82, 2.24) is 0 Å². The minimum atomic E-state index is -0.968. The molecule has 1 aliphatic carbocycles. The fourth-order valence-corrected chi connectivity index (χ4v) is 1.19. The van der Waals surface area contributed by atoms with Crippen molar-refractivity contribution in [3.63, 3.8) is 0 Å². The number of aliphatic hydroxyl groups excluding tert-OH is 2. The quantitative estimate of drug-likeness (QED) is 0.373. The van der Waals surface area contributed by atoms with Gasteiger partial charge in [0.1, 0.15) is 6.10 Å². The third kappa shape index (κ3) is 1.25. The number of nitrogens with zero attached hydrogens (tertiary/aromatic N) is 1. The molecule has 3 unspecified atom stereocenters. The van der Waals surface area contributed by atoms with Gasteiger partial charge in [0, 0.05) is 17.8 Å². The van der Waals surface area contributed by atoms with Crippen molar-refractivity contribution in [2.24, 2.45) is 0 Å². The Morgan fingerprint density at radius 2 is 2.00 bits per heavy atom. The maximum Gasteiger partial charge on any atom is 0.241 e. The zero-order chi connectivity index (χ0) is 7.72. The van der Waals surface area contributed by atoms with E-state index in [2.05, 4.69) is 0 Å². The molecule has 0 radical (unpaired) electrons. The summed E-state index contributed by atoms with van der Waals surface area (Å²) < 4.78 is 0. The van der Waals surface area contributed by atoms with Crippen LogP contribution < -0.4 is 0 Å². The lowest BCUT2D eigenvalue weighted by molar-refractivity contribution is -0.530. The molecule has 3 atom stereocenters. The Hall–Kier alpha value is -0.680. The molecule has 1 rings (SSSR count). The van der Waals surface area contributed by atoms with Gasteiger partial charge in [-0.25, -0.2) is 0 Å². The second-order valence-electron chi connectivity index (χ2n) is 2.55. The van der Waals surface area contributed by atoms with E-state index in [4.69, 9.17) is 10.2 Å². The maximum absolute atomic E-state index is 10.1. The van der Waals surface area contributed by atoms with E-state index in [1.54, 1.807) is 0 Å². The molecule has 0 spiro atoms. The van der Waals surface area contributed by atoms with Gasteiger partial charge in [-0.3, -0.25) is 10.1 Å². The standard InChI is InChI=1S/C5H9NO4/c7-3-1-4(6(9)10)5(8)2-3/h3-5,7-8H,1-2H2. The fourth-order valence-electron chi connectivity index (χ4n) is 1.19. The Labute approximate surface area is 57.4 Å². The van der Waals surface area contributed by atoms with Crippen molar-refractivity contribution in [3.05, 3.63) is 10.1 Å². The molecule has 0 heterocycles. The smallest absolute Gasteiger partial charge is 0.241 e. The van der Waals surface area contributed by atoms with E-state index in [-0.39, 0.29) is 12.8 Å². The van der Waals surface area contributed by atoms with Crippen LogP contribution in [0.2, 0.25) is 0 Å². The summed E-state index contributed by atoms with van der Waals surface area (Å²) in [6.07, 6.45) is -1.46. The average Bonchev–Trinajstić information content (AvgIpc) is 2.10. The molecule has 0 aromatic rings. The third-order valence-electron chi connectivity index (χ3n) is 1.74. The van der Waals surface area contributed by atoms with E-state index in [1.165, 1.54) is 0 Å². The molecule has 0 aliphatic heterocycles. The summed E-state index contributed by atoms with van der Waals surface area (Å²) in [6.45, 7) is 0. The minimum Gasteiger partial charge on any atom is -0.393 e. The summed E-state index contributed by atoms with van der Waals surface area (Å²) in [7, 11) is 0. The average molecular weight is 147 g/mol. The lowest BCUT2D eigenvalue weighted by atomic mass is 10.2. The largest absolute Gasteiger partial charge is 0.393 e. The van der Waals surface area contributed by atoms with Crippen molar-refractivity contribution in [3.8, 4) is 0 Å². The lowest BCUT2D eigenvalue weighted by Crippen LogP contribution is -2.27. The molecular formula is C5H9NO4. The molecule has 0 saturated heterocycles. The Bertz CT molecular complexity index is 149. The molecule has 10 heavy (non-hydrogen) atoms. The molecule has 58 valence electrons. The van der Waals surface area contributed by atoms with E-state index in [9.17, 15) is 10.1 Å². The number of hydrogen-bond acceptors (Lipinski definition) is 4. The molecule has 1 fully saturated rings. The van der Waals surface area contributed by atoms with Gasteiger partial charge >= 0.3 is 0 Å². The Morgan fingerprint density at radius 3 is 2.20 bits per heavy atom. The monoisotopic (exact) mass is 147 g/mol. The Balaban J connectivity index is 2.54. The van der Waals surface area contributed by atoms with Gasteiger partial charge < -0.3 is 10.2 Å². The summed E-state index contributed by atoms with van der Waals surface area (Å²) >= 11 is 0. The molecule has 2 N–H and O–H groups in total. The van der Waals surface area contributed by atoms with Crippen LogP contribution in [0.5, 0.6) is 0 Å². The van der Waals surface area contributed by atoms with Gasteiger partial charge in [-0.15, -0.1) is 0 Å². The first-order valence-corrected chi connectivity index (χ1v) is 3.11. The molecule has 5 nitrogen and oxygen atoms in total. The van der Waals surface area contributed by atoms with Crippen LogP contribution in [0.15, 0.2) is 0 Å². The maximum atomic E-state index is 10.1. The molecule has 0 bridgehead atoms. The van der Waals surface area contributed by atoms with E-state index in [1.807, 2.05) is 0 Å². The highest BCUT2D eigenvalue weighted by Gasteiger charge is 2.40. The minimum absolute atomic E-state index is 0.0775. The fraction of sp³-hybridized carbons (Fsp3) is 1.00. The first-order chi connectivity index (χ1) is 4.61. The topological polar surface area (TPSA) is 83.6 Å². The van der Waals surface area contributed by atoms with Crippen LogP contribution >= 0.6 is 0 Å². The molecule has 0 amide bonds. The van der Waals surface area contributed by atoms with Crippen LogP contribution in [0.3, 0.4) is 0 Å². The Kier molecular flexibility index (Phi) is 1.87. The van der Waals surface area contributed by atoms with E-state index in [0.717, 1.165) is 0 Å². The van der Waals surface area contributed by atoms with Crippen LogP contribution in [-0.4, -0.2) is 33.4 Å². The third-order valence-corrected chi connectivity index (χ3v) is 1.74. The molecule has 1 aliphatic rings. The van der Waals surface area contributed by atoms with Crippen molar-refractivity contribution < 1.29 is 15.1 Å². The van der Waals surface area contributed by atoms with Crippen molar-refractivity contribution >= 4 is 0 Å². The zero-order valence-electron chi connectivity index (χ0n) is 5.30. The first kappa shape index (κ1) is 7.43. The number of aliphatic hydroxyl groups is 2.